The molecule has 0 heterocycles. The summed E-state index contributed by atoms with van der Waals surface area (Å²) >= 11 is 0. The van der Waals surface area contributed by atoms with Crippen LogP contribution in [0.2, 0.25) is 0 Å². The normalized spacial score (nSPS) is 11.6. The maximum absolute atomic E-state index is 11.7. The second kappa shape index (κ2) is 5.80. The van der Waals surface area contributed by atoms with Crippen molar-refractivity contribution in [1.82, 2.24) is 5.32 Å². The van der Waals surface area contributed by atoms with Crippen LogP contribution < -0.4 is 5.32 Å². The Balaban J connectivity index is 2.79. The fourth-order valence-electron chi connectivity index (χ4n) is 1.22. The third-order valence-corrected chi connectivity index (χ3v) is 2.11. The highest BCUT2D eigenvalue weighted by Crippen LogP contribution is 2.06. The Hall–Kier alpha value is -1.97. The molecule has 0 radical (unpaired) electrons. The van der Waals surface area contributed by atoms with Crippen molar-refractivity contribution in [2.24, 2.45) is 0 Å². The van der Waals surface area contributed by atoms with Gasteiger partial charge in [-0.1, -0.05) is 25.1 Å². The van der Waals surface area contributed by atoms with Crippen LogP contribution in [0.15, 0.2) is 42.0 Å². The lowest BCUT2D eigenvalue weighted by Gasteiger charge is -2.09. The standard InChI is InChI=1S/C12H15NO3/c1-3-10(12(15)16-2)13-11(14)9-7-5-4-6-8-9/h4-8,15H,3H2,1-2H3,(H,13,14)/b12-10+. The number of hydrogen-bond acceptors (Lipinski definition) is 3. The van der Waals surface area contributed by atoms with Crippen LogP contribution in [-0.2, 0) is 4.74 Å². The third-order valence-electron chi connectivity index (χ3n) is 2.11. The summed E-state index contributed by atoms with van der Waals surface area (Å²) in [5.41, 5.74) is 0.911. The van der Waals surface area contributed by atoms with Gasteiger partial charge in [0.15, 0.2) is 0 Å². The summed E-state index contributed by atoms with van der Waals surface area (Å²) in [4.78, 5) is 11.7. The number of carbonyl (C=O) groups is 1. The molecule has 2 N–H and O–H groups in total. The molecule has 1 rings (SSSR count). The molecule has 1 aromatic rings. The van der Waals surface area contributed by atoms with Crippen molar-refractivity contribution < 1.29 is 14.6 Å². The van der Waals surface area contributed by atoms with Gasteiger partial charge in [-0.05, 0) is 18.6 Å². The first-order valence-electron chi connectivity index (χ1n) is 5.01. The molecule has 0 spiro atoms. The fraction of sp³-hybridized carbons (Fsp3) is 0.250. The van der Waals surface area contributed by atoms with Crippen LogP contribution in [0.4, 0.5) is 0 Å². The van der Waals surface area contributed by atoms with Crippen molar-refractivity contribution in [1.29, 1.82) is 0 Å². The molecule has 0 aliphatic rings. The predicted molar refractivity (Wildman–Crippen MR) is 60.9 cm³/mol. The monoisotopic (exact) mass is 221 g/mol. The molecule has 0 atom stereocenters. The van der Waals surface area contributed by atoms with Crippen LogP contribution in [0.5, 0.6) is 0 Å². The van der Waals surface area contributed by atoms with E-state index in [0.29, 0.717) is 17.7 Å². The number of rotatable bonds is 4. The lowest BCUT2D eigenvalue weighted by Crippen LogP contribution is -2.24. The van der Waals surface area contributed by atoms with E-state index < -0.39 is 0 Å². The zero-order valence-electron chi connectivity index (χ0n) is 9.36. The smallest absolute Gasteiger partial charge is 0.296 e. The largest absolute Gasteiger partial charge is 0.480 e. The van der Waals surface area contributed by atoms with Gasteiger partial charge in [-0.3, -0.25) is 4.79 Å². The number of methoxy groups -OCH3 is 1. The molecule has 0 aliphatic heterocycles. The molecule has 1 amide bonds. The summed E-state index contributed by atoms with van der Waals surface area (Å²) in [6.45, 7) is 1.82. The van der Waals surface area contributed by atoms with Crippen molar-refractivity contribution >= 4 is 5.91 Å². The summed E-state index contributed by atoms with van der Waals surface area (Å²) in [7, 11) is 1.35. The van der Waals surface area contributed by atoms with Crippen molar-refractivity contribution in [2.45, 2.75) is 13.3 Å². The molecule has 0 aromatic heterocycles. The minimum atomic E-state index is -0.263. The summed E-state index contributed by atoms with van der Waals surface area (Å²) in [6, 6.07) is 8.79. The molecule has 1 aromatic carbocycles. The van der Waals surface area contributed by atoms with E-state index in [4.69, 9.17) is 0 Å². The zero-order valence-corrected chi connectivity index (χ0v) is 9.36. The van der Waals surface area contributed by atoms with E-state index in [-0.39, 0.29) is 11.9 Å². The number of carbonyl (C=O) groups excluding carboxylic acids is 1. The molecule has 0 unspecified atom stereocenters. The average molecular weight is 221 g/mol. The van der Waals surface area contributed by atoms with Crippen LogP contribution in [0.25, 0.3) is 0 Å². The number of amides is 1. The lowest BCUT2D eigenvalue weighted by molar-refractivity contribution is 0.0937. The van der Waals surface area contributed by atoms with Crippen LogP contribution in [-0.4, -0.2) is 18.1 Å². The van der Waals surface area contributed by atoms with Gasteiger partial charge in [0, 0.05) is 5.56 Å². The number of allylic oxidation sites excluding steroid dienone is 1. The van der Waals surface area contributed by atoms with Crippen molar-refractivity contribution in [2.75, 3.05) is 7.11 Å². The van der Waals surface area contributed by atoms with E-state index in [2.05, 4.69) is 10.1 Å². The van der Waals surface area contributed by atoms with E-state index in [1.165, 1.54) is 7.11 Å². The Morgan fingerprint density at radius 1 is 1.38 bits per heavy atom. The first kappa shape index (κ1) is 12.1. The van der Waals surface area contributed by atoms with Crippen molar-refractivity contribution in [3.05, 3.63) is 47.5 Å². The van der Waals surface area contributed by atoms with Gasteiger partial charge in [0.2, 0.25) is 0 Å². The highest BCUT2D eigenvalue weighted by atomic mass is 16.6. The first-order valence-corrected chi connectivity index (χ1v) is 5.01. The number of ether oxygens (including phenoxy) is 1. The van der Waals surface area contributed by atoms with Gasteiger partial charge in [-0.15, -0.1) is 0 Å². The van der Waals surface area contributed by atoms with Gasteiger partial charge >= 0.3 is 0 Å². The second-order valence-corrected chi connectivity index (χ2v) is 3.16. The molecule has 4 heteroatoms. The van der Waals surface area contributed by atoms with Gasteiger partial charge in [-0.2, -0.15) is 0 Å². The minimum Gasteiger partial charge on any atom is -0.480 e. The van der Waals surface area contributed by atoms with Crippen LogP contribution in [0.3, 0.4) is 0 Å². The van der Waals surface area contributed by atoms with Gasteiger partial charge in [-0.25, -0.2) is 0 Å². The van der Waals surface area contributed by atoms with E-state index in [1.807, 2.05) is 13.0 Å². The summed E-state index contributed by atoms with van der Waals surface area (Å²) in [5, 5.41) is 12.0. The Morgan fingerprint density at radius 2 is 2.00 bits per heavy atom. The molecule has 0 saturated heterocycles. The van der Waals surface area contributed by atoms with E-state index >= 15 is 0 Å². The molecule has 16 heavy (non-hydrogen) atoms. The highest BCUT2D eigenvalue weighted by Gasteiger charge is 2.10. The maximum atomic E-state index is 11.7. The third kappa shape index (κ3) is 3.02. The fourth-order valence-corrected chi connectivity index (χ4v) is 1.22. The summed E-state index contributed by atoms with van der Waals surface area (Å²) in [6.07, 6.45) is 0.484. The average Bonchev–Trinajstić information content (AvgIpc) is 2.35. The molecular weight excluding hydrogens is 206 g/mol. The Bertz CT molecular complexity index is 385. The SMILES string of the molecule is CC/C(NC(=O)c1ccccc1)=C(/O)OC. The molecule has 4 nitrogen and oxygen atoms in total. The van der Waals surface area contributed by atoms with Crippen LogP contribution in [0.1, 0.15) is 23.7 Å². The highest BCUT2D eigenvalue weighted by molar-refractivity contribution is 5.95. The quantitative estimate of drug-likeness (QED) is 0.766. The number of nitrogens with one attached hydrogen (secondary N) is 1. The van der Waals surface area contributed by atoms with E-state index in [1.54, 1.807) is 24.3 Å². The second-order valence-electron chi connectivity index (χ2n) is 3.16. The number of benzene rings is 1. The molecule has 0 bridgehead atoms. The van der Waals surface area contributed by atoms with Crippen molar-refractivity contribution in [3.8, 4) is 0 Å². The van der Waals surface area contributed by atoms with Gasteiger partial charge in [0.25, 0.3) is 11.9 Å². The lowest BCUT2D eigenvalue weighted by atomic mass is 10.2. The van der Waals surface area contributed by atoms with Gasteiger partial charge in [0.1, 0.15) is 0 Å². The molecule has 0 fully saturated rings. The van der Waals surface area contributed by atoms with E-state index in [0.717, 1.165) is 0 Å². The topological polar surface area (TPSA) is 58.6 Å². The first-order chi connectivity index (χ1) is 7.69. The van der Waals surface area contributed by atoms with Crippen LogP contribution in [0, 0.1) is 0 Å². The van der Waals surface area contributed by atoms with Crippen molar-refractivity contribution in [3.63, 3.8) is 0 Å². The number of aliphatic hydroxyl groups excluding tert-OH is 1. The van der Waals surface area contributed by atoms with Gasteiger partial charge < -0.3 is 15.2 Å². The van der Waals surface area contributed by atoms with E-state index in [9.17, 15) is 9.90 Å². The molecular formula is C12H15NO3. The molecule has 86 valence electrons. The summed E-state index contributed by atoms with van der Waals surface area (Å²) < 4.78 is 4.66. The number of hydrogen-bond donors (Lipinski definition) is 2. The Labute approximate surface area is 94.6 Å². The minimum absolute atomic E-state index is 0.258. The zero-order chi connectivity index (χ0) is 12.0. The Kier molecular flexibility index (Phi) is 4.39. The van der Waals surface area contributed by atoms with Crippen LogP contribution >= 0.6 is 0 Å². The number of aliphatic hydroxyl groups is 1. The maximum Gasteiger partial charge on any atom is 0.296 e. The molecule has 0 aliphatic carbocycles. The predicted octanol–water partition coefficient (Wildman–Crippen LogP) is 2.20. The Morgan fingerprint density at radius 3 is 2.50 bits per heavy atom. The summed E-state index contributed by atoms with van der Waals surface area (Å²) in [5.74, 6) is -0.521. The van der Waals surface area contributed by atoms with Gasteiger partial charge in [0.05, 0.1) is 12.8 Å². The molecule has 0 saturated carbocycles.